The van der Waals surface area contributed by atoms with Crippen LogP contribution in [0.15, 0.2) is 59.2 Å². The number of anilines is 1. The summed E-state index contributed by atoms with van der Waals surface area (Å²) < 4.78 is 1.03. The van der Waals surface area contributed by atoms with E-state index in [0.29, 0.717) is 6.54 Å². The molecule has 1 saturated heterocycles. The molecule has 202 valence electrons. The highest BCUT2D eigenvalue weighted by Gasteiger charge is 2.32. The van der Waals surface area contributed by atoms with Gasteiger partial charge in [0.25, 0.3) is 0 Å². The number of hydrogen-bond donors (Lipinski definition) is 2. The lowest BCUT2D eigenvalue weighted by Crippen LogP contribution is -2.47. The molecule has 2 aromatic heterocycles. The number of pyridine rings is 1. The number of nitrogens with two attached hydrogens (primary N) is 1. The number of aryl methyl sites for hydroxylation is 2. The van der Waals surface area contributed by atoms with E-state index in [1.807, 2.05) is 24.4 Å². The van der Waals surface area contributed by atoms with Crippen LogP contribution >= 0.6 is 27.5 Å². The van der Waals surface area contributed by atoms with Crippen LogP contribution in [-0.2, 0) is 19.4 Å². The second-order valence-electron chi connectivity index (χ2n) is 10.3. The van der Waals surface area contributed by atoms with Crippen LogP contribution in [-0.4, -0.2) is 64.0 Å². The van der Waals surface area contributed by atoms with Crippen molar-refractivity contribution in [2.24, 2.45) is 5.73 Å². The first-order valence-corrected chi connectivity index (χ1v) is 14.8. The van der Waals surface area contributed by atoms with Gasteiger partial charge in [0.1, 0.15) is 11.6 Å². The molecule has 3 N–H and O–H groups in total. The van der Waals surface area contributed by atoms with Gasteiger partial charge in [0.05, 0.1) is 23.8 Å². The van der Waals surface area contributed by atoms with Crippen molar-refractivity contribution >= 4 is 44.3 Å². The second kappa shape index (κ2) is 11.9. The topological polar surface area (TPSA) is 83.2 Å². The highest BCUT2D eigenvalue weighted by Crippen LogP contribution is 2.38. The molecule has 7 nitrogen and oxygen atoms in total. The Bertz CT molecular complexity index is 1420. The fourth-order valence-corrected chi connectivity index (χ4v) is 6.37. The van der Waals surface area contributed by atoms with Crippen molar-refractivity contribution < 1.29 is 0 Å². The number of hydrogen-bond acceptors (Lipinski definition) is 7. The summed E-state index contributed by atoms with van der Waals surface area (Å²) in [5, 5.41) is 5.32. The largest absolute Gasteiger partial charge is 0.369 e. The van der Waals surface area contributed by atoms with Crippen LogP contribution in [0.5, 0.6) is 0 Å². The zero-order chi connectivity index (χ0) is 26.8. The van der Waals surface area contributed by atoms with Gasteiger partial charge in [-0.1, -0.05) is 29.8 Å². The summed E-state index contributed by atoms with van der Waals surface area (Å²) >= 11 is 10.0. The summed E-state index contributed by atoms with van der Waals surface area (Å²) in [5.74, 6) is 1.74. The van der Waals surface area contributed by atoms with Gasteiger partial charge in [-0.3, -0.25) is 14.8 Å². The van der Waals surface area contributed by atoms with E-state index < -0.39 is 0 Å². The maximum Gasteiger partial charge on any atom is 0.145 e. The molecule has 9 heteroatoms. The van der Waals surface area contributed by atoms with Crippen LogP contribution in [0.1, 0.15) is 40.7 Å². The van der Waals surface area contributed by atoms with Gasteiger partial charge < -0.3 is 11.1 Å². The fraction of sp³-hybridized carbons (Fsp3) is 0.367. The van der Waals surface area contributed by atoms with E-state index in [1.165, 1.54) is 22.4 Å². The van der Waals surface area contributed by atoms with Gasteiger partial charge >= 0.3 is 0 Å². The first kappa shape index (κ1) is 26.6. The Labute approximate surface area is 242 Å². The molecule has 1 unspecified atom stereocenters. The molecule has 0 spiro atoms. The van der Waals surface area contributed by atoms with Gasteiger partial charge in [-0.05, 0) is 88.8 Å². The number of nitrogens with one attached hydrogen (secondary N) is 1. The van der Waals surface area contributed by atoms with Gasteiger partial charge in [-0.15, -0.1) is 0 Å². The fourth-order valence-electron chi connectivity index (χ4n) is 5.80. The van der Waals surface area contributed by atoms with Crippen LogP contribution in [0, 0.1) is 0 Å². The lowest BCUT2D eigenvalue weighted by atomic mass is 9.96. The van der Waals surface area contributed by atoms with E-state index in [-0.39, 0.29) is 6.04 Å². The monoisotopic (exact) mass is 605 g/mol. The maximum atomic E-state index is 6.41. The molecule has 0 bridgehead atoms. The van der Waals surface area contributed by atoms with Crippen molar-refractivity contribution in [3.63, 3.8) is 0 Å². The van der Waals surface area contributed by atoms with Crippen LogP contribution in [0.2, 0.25) is 5.02 Å². The quantitative estimate of drug-likeness (QED) is 0.280. The number of nitrogens with zero attached hydrogens (tertiary/aromatic N) is 5. The molecule has 39 heavy (non-hydrogen) atoms. The zero-order valence-electron chi connectivity index (χ0n) is 21.9. The maximum absolute atomic E-state index is 6.41. The predicted octanol–water partition coefficient (Wildman–Crippen LogP) is 5.21. The van der Waals surface area contributed by atoms with Gasteiger partial charge in [0.15, 0.2) is 0 Å². The normalized spacial score (nSPS) is 18.0. The Morgan fingerprint density at radius 1 is 1.00 bits per heavy atom. The van der Waals surface area contributed by atoms with Crippen LogP contribution < -0.4 is 11.1 Å². The molecule has 3 heterocycles. The number of aromatic nitrogens is 3. The van der Waals surface area contributed by atoms with Crippen molar-refractivity contribution in [3.05, 3.63) is 92.4 Å². The molecule has 0 radical (unpaired) electrons. The summed E-state index contributed by atoms with van der Waals surface area (Å²) in [5.41, 5.74) is 11.8. The van der Waals surface area contributed by atoms with Gasteiger partial charge in [0, 0.05) is 53.8 Å². The molecule has 1 atom stereocenters. The first-order chi connectivity index (χ1) is 19.1. The minimum atomic E-state index is 0.125. The van der Waals surface area contributed by atoms with E-state index in [4.69, 9.17) is 32.3 Å². The molecule has 1 aliphatic carbocycles. The smallest absolute Gasteiger partial charge is 0.145 e. The Hall–Kier alpha value is -2.62. The number of halogens is 2. The lowest BCUT2D eigenvalue weighted by Gasteiger charge is -2.39. The average Bonchev–Trinajstić information content (AvgIpc) is 3.10. The predicted molar refractivity (Wildman–Crippen MR) is 161 cm³/mol. The molecule has 4 aromatic rings. The number of rotatable bonds is 7. The van der Waals surface area contributed by atoms with Crippen molar-refractivity contribution in [2.45, 2.75) is 31.8 Å². The molecule has 0 amide bonds. The van der Waals surface area contributed by atoms with Gasteiger partial charge in [-0.25, -0.2) is 9.97 Å². The van der Waals surface area contributed by atoms with Gasteiger partial charge in [0.2, 0.25) is 0 Å². The summed E-state index contributed by atoms with van der Waals surface area (Å²) in [4.78, 5) is 19.8. The SMILES string of the molecule is NCCCNc1nc(CN2CCN(C3c4ccc(Cl)cc4CCc4cc(Br)cnc43)CC2)nc2ccccc12. The Kier molecular flexibility index (Phi) is 8.09. The van der Waals surface area contributed by atoms with E-state index in [1.54, 1.807) is 0 Å². The standard InChI is InChI=1S/C30H33BrClN7/c31-22-16-21-7-6-20-17-23(32)8-9-24(20)29(28(21)35-18-22)39-14-12-38(13-15-39)19-27-36-26-5-2-1-4-25(26)30(37-27)34-11-3-10-33/h1-2,4-5,8-9,16-18,29H,3,6-7,10-15,19,33H2,(H,34,36,37). The summed E-state index contributed by atoms with van der Waals surface area (Å²) in [6.45, 7) is 5.95. The van der Waals surface area contributed by atoms with E-state index >= 15 is 0 Å². The van der Waals surface area contributed by atoms with Gasteiger partial charge in [-0.2, -0.15) is 0 Å². The molecular formula is C30H33BrClN7. The van der Waals surface area contributed by atoms with E-state index in [0.717, 1.165) is 90.6 Å². The average molecular weight is 607 g/mol. The highest BCUT2D eigenvalue weighted by molar-refractivity contribution is 9.10. The third kappa shape index (κ3) is 5.81. The Morgan fingerprint density at radius 3 is 2.67 bits per heavy atom. The van der Waals surface area contributed by atoms with Crippen molar-refractivity contribution in [2.75, 3.05) is 44.6 Å². The number of piperazine rings is 1. The zero-order valence-corrected chi connectivity index (χ0v) is 24.3. The summed E-state index contributed by atoms with van der Waals surface area (Å²) in [7, 11) is 0. The molecule has 0 saturated carbocycles. The minimum Gasteiger partial charge on any atom is -0.369 e. The van der Waals surface area contributed by atoms with Crippen molar-refractivity contribution in [3.8, 4) is 0 Å². The first-order valence-electron chi connectivity index (χ1n) is 13.7. The highest BCUT2D eigenvalue weighted by atomic mass is 79.9. The van der Waals surface area contributed by atoms with E-state index in [9.17, 15) is 0 Å². The molecule has 2 aliphatic rings. The Balaban J connectivity index is 1.22. The molecule has 2 aromatic carbocycles. The van der Waals surface area contributed by atoms with Crippen LogP contribution in [0.3, 0.4) is 0 Å². The number of para-hydroxylation sites is 1. The van der Waals surface area contributed by atoms with Crippen LogP contribution in [0.4, 0.5) is 5.82 Å². The van der Waals surface area contributed by atoms with Crippen LogP contribution in [0.25, 0.3) is 10.9 Å². The molecular weight excluding hydrogens is 574 g/mol. The second-order valence-corrected chi connectivity index (χ2v) is 11.7. The third-order valence-corrected chi connectivity index (χ3v) is 8.42. The molecule has 1 fully saturated rings. The third-order valence-electron chi connectivity index (χ3n) is 7.75. The van der Waals surface area contributed by atoms with Crippen molar-refractivity contribution in [1.29, 1.82) is 0 Å². The lowest BCUT2D eigenvalue weighted by molar-refractivity contribution is 0.101. The van der Waals surface area contributed by atoms with E-state index in [2.05, 4.69) is 61.4 Å². The summed E-state index contributed by atoms with van der Waals surface area (Å²) in [6.07, 6.45) is 4.77. The molecule has 6 rings (SSSR count). The number of benzene rings is 2. The minimum absolute atomic E-state index is 0.125. The molecule has 1 aliphatic heterocycles. The number of fused-ring (bicyclic) bond motifs is 3. The van der Waals surface area contributed by atoms with Crippen molar-refractivity contribution in [1.82, 2.24) is 24.8 Å². The Morgan fingerprint density at radius 2 is 1.82 bits per heavy atom. The summed E-state index contributed by atoms with van der Waals surface area (Å²) in [6, 6.07) is 16.9.